The Kier molecular flexibility index (Phi) is 4.74. The second-order valence-electron chi connectivity index (χ2n) is 5.22. The fraction of sp³-hybridized carbons (Fsp3) is 0.533. The number of piperidine rings is 1. The lowest BCUT2D eigenvalue weighted by molar-refractivity contribution is -0.129. The molecular weight excluding hydrogens is 309 g/mol. The Hall–Kier alpha value is -0.740. The fourth-order valence-corrected chi connectivity index (χ4v) is 3.25. The summed E-state index contributed by atoms with van der Waals surface area (Å²) in [5, 5.41) is 3.30. The van der Waals surface area contributed by atoms with E-state index in [1.165, 1.54) is 12.1 Å². The first-order valence-electron chi connectivity index (χ1n) is 6.75. The number of Topliss-reactive ketones (excluding diaryl/α,β-unsaturated/α-hetero) is 1. The van der Waals surface area contributed by atoms with Crippen molar-refractivity contribution in [3.8, 4) is 0 Å². The highest BCUT2D eigenvalue weighted by Gasteiger charge is 2.37. The number of hydrogen-bond donors (Lipinski definition) is 1. The predicted octanol–water partition coefficient (Wildman–Crippen LogP) is 3.48. The van der Waals surface area contributed by atoms with Crippen LogP contribution in [0.4, 0.5) is 4.39 Å². The molecule has 1 N–H and O–H groups in total. The van der Waals surface area contributed by atoms with Gasteiger partial charge in [-0.05, 0) is 50.0 Å². The lowest BCUT2D eigenvalue weighted by atomic mass is 9.72. The van der Waals surface area contributed by atoms with Crippen LogP contribution in [0.25, 0.3) is 0 Å². The van der Waals surface area contributed by atoms with Crippen molar-refractivity contribution in [2.75, 3.05) is 13.1 Å². The normalized spacial score (nSPS) is 18.3. The molecule has 19 heavy (non-hydrogen) atoms. The van der Waals surface area contributed by atoms with E-state index in [1.807, 2.05) is 0 Å². The summed E-state index contributed by atoms with van der Waals surface area (Å²) in [4.78, 5) is 12.6. The van der Waals surface area contributed by atoms with Gasteiger partial charge in [0.05, 0.1) is 0 Å². The van der Waals surface area contributed by atoms with Gasteiger partial charge in [0.15, 0.2) is 0 Å². The minimum absolute atomic E-state index is 0.195. The summed E-state index contributed by atoms with van der Waals surface area (Å²) < 4.78 is 13.7. The summed E-state index contributed by atoms with van der Waals surface area (Å²) in [5.41, 5.74) is 0.678. The molecule has 104 valence electrons. The summed E-state index contributed by atoms with van der Waals surface area (Å²) in [5.74, 6) is -0.000969. The van der Waals surface area contributed by atoms with Crippen LogP contribution in [-0.2, 0) is 11.2 Å². The highest BCUT2D eigenvalue weighted by Crippen LogP contribution is 2.35. The van der Waals surface area contributed by atoms with E-state index in [-0.39, 0.29) is 17.0 Å². The minimum Gasteiger partial charge on any atom is -0.317 e. The second kappa shape index (κ2) is 6.14. The SMILES string of the molecule is CCC1(C(=O)Cc2ccc(F)cc2Br)CCNCC1. The molecule has 0 unspecified atom stereocenters. The average molecular weight is 328 g/mol. The molecule has 1 aromatic rings. The number of carbonyl (C=O) groups is 1. The molecule has 0 saturated carbocycles. The monoisotopic (exact) mass is 327 g/mol. The van der Waals surface area contributed by atoms with E-state index in [0.717, 1.165) is 37.9 Å². The Morgan fingerprint density at radius 1 is 1.42 bits per heavy atom. The molecule has 1 fully saturated rings. The van der Waals surface area contributed by atoms with Gasteiger partial charge < -0.3 is 5.32 Å². The quantitative estimate of drug-likeness (QED) is 0.917. The van der Waals surface area contributed by atoms with Crippen LogP contribution in [0.1, 0.15) is 31.7 Å². The zero-order chi connectivity index (χ0) is 13.9. The third-order valence-corrected chi connectivity index (χ3v) is 4.93. The van der Waals surface area contributed by atoms with E-state index in [2.05, 4.69) is 28.2 Å². The van der Waals surface area contributed by atoms with Crippen molar-refractivity contribution in [2.24, 2.45) is 5.41 Å². The number of halogens is 2. The van der Waals surface area contributed by atoms with Crippen LogP contribution >= 0.6 is 15.9 Å². The van der Waals surface area contributed by atoms with Crippen molar-refractivity contribution in [1.82, 2.24) is 5.32 Å². The summed E-state index contributed by atoms with van der Waals surface area (Å²) >= 11 is 3.33. The summed E-state index contributed by atoms with van der Waals surface area (Å²) in [6.45, 7) is 3.90. The predicted molar refractivity (Wildman–Crippen MR) is 77.6 cm³/mol. The van der Waals surface area contributed by atoms with Crippen LogP contribution in [0.15, 0.2) is 22.7 Å². The maximum absolute atomic E-state index is 13.1. The lowest BCUT2D eigenvalue weighted by Crippen LogP contribution is -2.42. The molecular formula is C15H19BrFNO. The Balaban J connectivity index is 2.15. The van der Waals surface area contributed by atoms with E-state index in [9.17, 15) is 9.18 Å². The molecule has 1 aliphatic heterocycles. The Bertz CT molecular complexity index is 469. The van der Waals surface area contributed by atoms with Crippen LogP contribution in [0.3, 0.4) is 0 Å². The van der Waals surface area contributed by atoms with Crippen molar-refractivity contribution in [3.05, 3.63) is 34.1 Å². The first-order chi connectivity index (χ1) is 9.07. The molecule has 2 nitrogen and oxygen atoms in total. The van der Waals surface area contributed by atoms with Gasteiger partial charge in [-0.15, -0.1) is 0 Å². The minimum atomic E-state index is -0.282. The number of carbonyl (C=O) groups excluding carboxylic acids is 1. The van der Waals surface area contributed by atoms with E-state index >= 15 is 0 Å². The second-order valence-corrected chi connectivity index (χ2v) is 6.07. The van der Waals surface area contributed by atoms with Gasteiger partial charge in [-0.3, -0.25) is 4.79 Å². The zero-order valence-electron chi connectivity index (χ0n) is 11.1. The van der Waals surface area contributed by atoms with Gasteiger partial charge in [0, 0.05) is 16.3 Å². The molecule has 2 rings (SSSR count). The van der Waals surface area contributed by atoms with Crippen LogP contribution in [-0.4, -0.2) is 18.9 Å². The van der Waals surface area contributed by atoms with E-state index in [4.69, 9.17) is 0 Å². The van der Waals surface area contributed by atoms with E-state index in [1.54, 1.807) is 6.07 Å². The molecule has 0 aromatic heterocycles. The van der Waals surface area contributed by atoms with Gasteiger partial charge in [0.25, 0.3) is 0 Å². The van der Waals surface area contributed by atoms with E-state index < -0.39 is 0 Å². The molecule has 1 heterocycles. The van der Waals surface area contributed by atoms with Crippen molar-refractivity contribution in [1.29, 1.82) is 0 Å². The van der Waals surface area contributed by atoms with Gasteiger partial charge in [-0.1, -0.05) is 28.9 Å². The largest absolute Gasteiger partial charge is 0.317 e. The van der Waals surface area contributed by atoms with Crippen LogP contribution in [0.5, 0.6) is 0 Å². The molecule has 1 saturated heterocycles. The Morgan fingerprint density at radius 2 is 2.11 bits per heavy atom. The Labute approximate surface area is 121 Å². The van der Waals surface area contributed by atoms with Crippen LogP contribution in [0.2, 0.25) is 0 Å². The molecule has 0 radical (unpaired) electrons. The number of benzene rings is 1. The number of hydrogen-bond acceptors (Lipinski definition) is 2. The zero-order valence-corrected chi connectivity index (χ0v) is 12.7. The van der Waals surface area contributed by atoms with Gasteiger partial charge >= 0.3 is 0 Å². The highest BCUT2D eigenvalue weighted by atomic mass is 79.9. The first kappa shape index (κ1) is 14.7. The maximum Gasteiger partial charge on any atom is 0.143 e. The third-order valence-electron chi connectivity index (χ3n) is 4.20. The smallest absolute Gasteiger partial charge is 0.143 e. The summed E-state index contributed by atoms with van der Waals surface area (Å²) in [7, 11) is 0. The number of rotatable bonds is 4. The lowest BCUT2D eigenvalue weighted by Gasteiger charge is -2.35. The first-order valence-corrected chi connectivity index (χ1v) is 7.55. The Morgan fingerprint density at radius 3 is 2.68 bits per heavy atom. The maximum atomic E-state index is 13.1. The van der Waals surface area contributed by atoms with Gasteiger partial charge in [-0.2, -0.15) is 0 Å². The van der Waals surface area contributed by atoms with Gasteiger partial charge in [-0.25, -0.2) is 4.39 Å². The third kappa shape index (κ3) is 3.23. The van der Waals surface area contributed by atoms with Gasteiger partial charge in [0.2, 0.25) is 0 Å². The average Bonchev–Trinajstić information content (AvgIpc) is 2.42. The molecule has 1 aromatic carbocycles. The van der Waals surface area contributed by atoms with Crippen molar-refractivity contribution in [3.63, 3.8) is 0 Å². The van der Waals surface area contributed by atoms with Crippen molar-refractivity contribution >= 4 is 21.7 Å². The molecule has 0 aliphatic carbocycles. The van der Waals surface area contributed by atoms with Crippen molar-refractivity contribution in [2.45, 2.75) is 32.6 Å². The van der Waals surface area contributed by atoms with Crippen LogP contribution in [0, 0.1) is 11.2 Å². The van der Waals surface area contributed by atoms with Crippen LogP contribution < -0.4 is 5.32 Å². The van der Waals surface area contributed by atoms with Crippen molar-refractivity contribution < 1.29 is 9.18 Å². The summed E-state index contributed by atoms with van der Waals surface area (Å²) in [6, 6.07) is 4.53. The fourth-order valence-electron chi connectivity index (χ4n) is 2.76. The molecule has 1 aliphatic rings. The number of nitrogens with one attached hydrogen (secondary N) is 1. The molecule has 4 heteroatoms. The molecule has 0 atom stereocenters. The molecule has 0 spiro atoms. The summed E-state index contributed by atoms with van der Waals surface area (Å²) in [6.07, 6.45) is 3.07. The topological polar surface area (TPSA) is 29.1 Å². The van der Waals surface area contributed by atoms with Gasteiger partial charge in [0.1, 0.15) is 11.6 Å². The standard InChI is InChI=1S/C15H19BrFNO/c1-2-15(5-7-18-8-6-15)14(19)9-11-3-4-12(17)10-13(11)16/h3-4,10,18H,2,5-9H2,1H3. The number of ketones is 1. The highest BCUT2D eigenvalue weighted by molar-refractivity contribution is 9.10. The molecule has 0 bridgehead atoms. The molecule has 0 amide bonds. The van der Waals surface area contributed by atoms with E-state index in [0.29, 0.717) is 10.9 Å².